The normalized spacial score (nSPS) is 12.5. The molecule has 1 heterocycles. The summed E-state index contributed by atoms with van der Waals surface area (Å²) in [7, 11) is 0. The fourth-order valence-corrected chi connectivity index (χ4v) is 0.934. The molecule has 0 aliphatic rings. The Morgan fingerprint density at radius 3 is 2.92 bits per heavy atom. The van der Waals surface area contributed by atoms with Crippen LogP contribution < -0.4 is 5.32 Å². The van der Waals surface area contributed by atoms with Gasteiger partial charge in [0.05, 0.1) is 12.6 Å². The number of hydrogen-bond donors (Lipinski definition) is 2. The van der Waals surface area contributed by atoms with Crippen LogP contribution in [0.15, 0.2) is 24.4 Å². The Labute approximate surface area is 72.5 Å². The molecule has 2 N–H and O–H groups in total. The zero-order valence-corrected chi connectivity index (χ0v) is 7.20. The molecule has 3 nitrogen and oxygen atoms in total. The van der Waals surface area contributed by atoms with E-state index >= 15 is 0 Å². The highest BCUT2D eigenvalue weighted by Gasteiger charge is 2.02. The molecule has 1 atom stereocenters. The molecule has 0 spiro atoms. The van der Waals surface area contributed by atoms with Gasteiger partial charge in [0.2, 0.25) is 0 Å². The number of aromatic nitrogens is 1. The van der Waals surface area contributed by atoms with Crippen LogP contribution in [0.1, 0.15) is 13.3 Å². The third kappa shape index (κ3) is 2.51. The van der Waals surface area contributed by atoms with E-state index in [1.54, 1.807) is 6.20 Å². The Bertz CT molecular complexity index is 209. The quantitative estimate of drug-likeness (QED) is 0.708. The van der Waals surface area contributed by atoms with Gasteiger partial charge < -0.3 is 10.4 Å². The summed E-state index contributed by atoms with van der Waals surface area (Å²) in [5.74, 6) is 0.818. The van der Waals surface area contributed by atoms with E-state index in [9.17, 15) is 0 Å². The summed E-state index contributed by atoms with van der Waals surface area (Å²) in [5, 5.41) is 12.0. The van der Waals surface area contributed by atoms with Crippen molar-refractivity contribution in [3.8, 4) is 0 Å². The first-order valence-electron chi connectivity index (χ1n) is 4.15. The van der Waals surface area contributed by atoms with Crippen molar-refractivity contribution in [1.29, 1.82) is 0 Å². The van der Waals surface area contributed by atoms with Gasteiger partial charge in [-0.1, -0.05) is 13.0 Å². The maximum atomic E-state index is 8.90. The van der Waals surface area contributed by atoms with E-state index in [0.717, 1.165) is 12.2 Å². The Balaban J connectivity index is 2.51. The van der Waals surface area contributed by atoms with Crippen LogP contribution in [0, 0.1) is 0 Å². The SMILES string of the molecule is CC[C@H](CO)Nc1ccccn1. The average molecular weight is 166 g/mol. The van der Waals surface area contributed by atoms with Crippen molar-refractivity contribution in [3.63, 3.8) is 0 Å². The average Bonchev–Trinajstić information content (AvgIpc) is 2.16. The molecule has 3 heteroatoms. The van der Waals surface area contributed by atoms with Crippen molar-refractivity contribution in [2.24, 2.45) is 0 Å². The molecule has 0 bridgehead atoms. The maximum absolute atomic E-state index is 8.90. The standard InChI is InChI=1S/C9H14N2O/c1-2-8(7-12)11-9-5-3-4-6-10-9/h3-6,8,12H,2,7H2,1H3,(H,10,11)/t8-/m1/s1. The number of pyridine rings is 1. The summed E-state index contributed by atoms with van der Waals surface area (Å²) < 4.78 is 0. The summed E-state index contributed by atoms with van der Waals surface area (Å²) in [4.78, 5) is 4.09. The molecule has 0 saturated heterocycles. The second kappa shape index (κ2) is 4.72. The Hall–Kier alpha value is -1.09. The zero-order chi connectivity index (χ0) is 8.81. The lowest BCUT2D eigenvalue weighted by Gasteiger charge is -2.13. The molecule has 0 aliphatic heterocycles. The van der Waals surface area contributed by atoms with E-state index in [-0.39, 0.29) is 12.6 Å². The molecule has 0 amide bonds. The fourth-order valence-electron chi connectivity index (χ4n) is 0.934. The number of anilines is 1. The van der Waals surface area contributed by atoms with Crippen LogP contribution in [-0.4, -0.2) is 22.7 Å². The Morgan fingerprint density at radius 1 is 1.58 bits per heavy atom. The van der Waals surface area contributed by atoms with Gasteiger partial charge in [0.25, 0.3) is 0 Å². The van der Waals surface area contributed by atoms with Crippen LogP contribution in [0.25, 0.3) is 0 Å². The summed E-state index contributed by atoms with van der Waals surface area (Å²) >= 11 is 0. The van der Waals surface area contributed by atoms with Crippen molar-refractivity contribution < 1.29 is 5.11 Å². The van der Waals surface area contributed by atoms with Gasteiger partial charge in [0.15, 0.2) is 0 Å². The van der Waals surface area contributed by atoms with Crippen LogP contribution in [0.2, 0.25) is 0 Å². The fraction of sp³-hybridized carbons (Fsp3) is 0.444. The largest absolute Gasteiger partial charge is 0.394 e. The van der Waals surface area contributed by atoms with Crippen LogP contribution >= 0.6 is 0 Å². The van der Waals surface area contributed by atoms with Gasteiger partial charge in [0.1, 0.15) is 5.82 Å². The van der Waals surface area contributed by atoms with Crippen molar-refractivity contribution in [2.45, 2.75) is 19.4 Å². The highest BCUT2D eigenvalue weighted by Crippen LogP contribution is 2.03. The lowest BCUT2D eigenvalue weighted by atomic mass is 10.2. The molecule has 1 rings (SSSR count). The van der Waals surface area contributed by atoms with Crippen molar-refractivity contribution in [3.05, 3.63) is 24.4 Å². The molecule has 66 valence electrons. The number of nitrogens with one attached hydrogen (secondary N) is 1. The van der Waals surface area contributed by atoms with E-state index in [1.165, 1.54) is 0 Å². The Morgan fingerprint density at radius 2 is 2.42 bits per heavy atom. The number of hydrogen-bond acceptors (Lipinski definition) is 3. The van der Waals surface area contributed by atoms with E-state index in [1.807, 2.05) is 25.1 Å². The van der Waals surface area contributed by atoms with Gasteiger partial charge in [-0.15, -0.1) is 0 Å². The molecule has 0 aliphatic carbocycles. The van der Waals surface area contributed by atoms with Crippen molar-refractivity contribution >= 4 is 5.82 Å². The highest BCUT2D eigenvalue weighted by atomic mass is 16.3. The predicted molar refractivity (Wildman–Crippen MR) is 49.0 cm³/mol. The van der Waals surface area contributed by atoms with E-state index in [0.29, 0.717) is 0 Å². The summed E-state index contributed by atoms with van der Waals surface area (Å²) in [6, 6.07) is 5.78. The third-order valence-corrected chi connectivity index (χ3v) is 1.73. The molecule has 0 fully saturated rings. The molecule has 0 unspecified atom stereocenters. The molecule has 1 aromatic heterocycles. The topological polar surface area (TPSA) is 45.1 Å². The van der Waals surface area contributed by atoms with E-state index in [2.05, 4.69) is 10.3 Å². The lowest BCUT2D eigenvalue weighted by molar-refractivity contribution is 0.271. The molecular weight excluding hydrogens is 152 g/mol. The van der Waals surface area contributed by atoms with Crippen LogP contribution in [0.5, 0.6) is 0 Å². The first kappa shape index (κ1) is 9.00. The highest BCUT2D eigenvalue weighted by molar-refractivity contribution is 5.34. The first-order valence-corrected chi connectivity index (χ1v) is 4.15. The molecule has 0 radical (unpaired) electrons. The number of rotatable bonds is 4. The van der Waals surface area contributed by atoms with Gasteiger partial charge in [-0.25, -0.2) is 4.98 Å². The molecule has 0 aromatic carbocycles. The van der Waals surface area contributed by atoms with Crippen molar-refractivity contribution in [1.82, 2.24) is 4.98 Å². The maximum Gasteiger partial charge on any atom is 0.126 e. The summed E-state index contributed by atoms with van der Waals surface area (Å²) in [6.45, 7) is 2.17. The second-order valence-corrected chi connectivity index (χ2v) is 2.65. The molecule has 1 aromatic rings. The number of aliphatic hydroxyl groups is 1. The minimum atomic E-state index is 0.111. The zero-order valence-electron chi connectivity index (χ0n) is 7.20. The lowest BCUT2D eigenvalue weighted by Crippen LogP contribution is -2.22. The Kier molecular flexibility index (Phi) is 3.54. The van der Waals surface area contributed by atoms with Gasteiger partial charge in [-0.2, -0.15) is 0 Å². The van der Waals surface area contributed by atoms with Crippen LogP contribution in [0.3, 0.4) is 0 Å². The van der Waals surface area contributed by atoms with Crippen LogP contribution in [-0.2, 0) is 0 Å². The van der Waals surface area contributed by atoms with E-state index < -0.39 is 0 Å². The minimum Gasteiger partial charge on any atom is -0.394 e. The molecular formula is C9H14N2O. The van der Waals surface area contributed by atoms with Crippen LogP contribution in [0.4, 0.5) is 5.82 Å². The van der Waals surface area contributed by atoms with E-state index in [4.69, 9.17) is 5.11 Å². The number of aliphatic hydroxyl groups excluding tert-OH is 1. The van der Waals surface area contributed by atoms with Gasteiger partial charge in [0, 0.05) is 6.20 Å². The van der Waals surface area contributed by atoms with Crippen molar-refractivity contribution in [2.75, 3.05) is 11.9 Å². The third-order valence-electron chi connectivity index (χ3n) is 1.73. The summed E-state index contributed by atoms with van der Waals surface area (Å²) in [5.41, 5.74) is 0. The number of nitrogens with zero attached hydrogens (tertiary/aromatic N) is 1. The monoisotopic (exact) mass is 166 g/mol. The summed E-state index contributed by atoms with van der Waals surface area (Å²) in [6.07, 6.45) is 2.62. The van der Waals surface area contributed by atoms with Gasteiger partial charge in [-0.05, 0) is 18.6 Å². The second-order valence-electron chi connectivity index (χ2n) is 2.65. The van der Waals surface area contributed by atoms with Gasteiger partial charge in [-0.3, -0.25) is 0 Å². The minimum absolute atomic E-state index is 0.111. The molecule has 12 heavy (non-hydrogen) atoms. The van der Waals surface area contributed by atoms with Gasteiger partial charge >= 0.3 is 0 Å². The smallest absolute Gasteiger partial charge is 0.126 e. The predicted octanol–water partition coefficient (Wildman–Crippen LogP) is 1.26. The first-order chi connectivity index (χ1) is 5.86. The molecule has 0 saturated carbocycles.